The van der Waals surface area contributed by atoms with E-state index < -0.39 is 0 Å². The number of benzene rings is 1. The zero-order valence-electron chi connectivity index (χ0n) is 11.0. The molecule has 0 aliphatic heterocycles. The van der Waals surface area contributed by atoms with Crippen molar-refractivity contribution in [2.45, 2.75) is 19.9 Å². The molecule has 2 aromatic rings. The second kappa shape index (κ2) is 5.65. The lowest BCUT2D eigenvalue weighted by atomic mass is 10.0. The summed E-state index contributed by atoms with van der Waals surface area (Å²) in [5.41, 5.74) is 2.53. The van der Waals surface area contributed by atoms with Crippen LogP contribution in [0.15, 0.2) is 30.6 Å². The number of nitrogens with one attached hydrogen (secondary N) is 1. The van der Waals surface area contributed by atoms with E-state index in [0.717, 1.165) is 16.7 Å². The van der Waals surface area contributed by atoms with E-state index in [1.54, 1.807) is 23.9 Å². The first kappa shape index (κ1) is 13.3. The minimum Gasteiger partial charge on any atom is -0.352 e. The maximum atomic E-state index is 13.3. The summed E-state index contributed by atoms with van der Waals surface area (Å²) in [6, 6.07) is 4.56. The van der Waals surface area contributed by atoms with Gasteiger partial charge in [0.15, 0.2) is 0 Å². The van der Waals surface area contributed by atoms with Crippen LogP contribution in [0.3, 0.4) is 0 Å². The van der Waals surface area contributed by atoms with Gasteiger partial charge in [0.05, 0.1) is 6.20 Å². The summed E-state index contributed by atoms with van der Waals surface area (Å²) in [4.78, 5) is 11.3. The quantitative estimate of drug-likeness (QED) is 0.917. The van der Waals surface area contributed by atoms with Gasteiger partial charge in [-0.15, -0.1) is 0 Å². The molecule has 1 aromatic carbocycles. The SMILES string of the molecule is CCC(=O)NCc1cc(F)ccc1-c1cnn(C)c1. The lowest BCUT2D eigenvalue weighted by Crippen LogP contribution is -2.21. The first-order valence-electron chi connectivity index (χ1n) is 6.14. The molecule has 100 valence electrons. The summed E-state index contributed by atoms with van der Waals surface area (Å²) < 4.78 is 15.0. The maximum Gasteiger partial charge on any atom is 0.219 e. The highest BCUT2D eigenvalue weighted by Crippen LogP contribution is 2.24. The van der Waals surface area contributed by atoms with E-state index >= 15 is 0 Å². The number of aryl methyl sites for hydroxylation is 1. The van der Waals surface area contributed by atoms with Gasteiger partial charge in [0, 0.05) is 31.8 Å². The largest absolute Gasteiger partial charge is 0.352 e. The Kier molecular flexibility index (Phi) is 3.94. The Morgan fingerprint density at radius 1 is 1.47 bits per heavy atom. The zero-order valence-corrected chi connectivity index (χ0v) is 11.0. The summed E-state index contributed by atoms with van der Waals surface area (Å²) in [6.45, 7) is 2.09. The van der Waals surface area contributed by atoms with Crippen LogP contribution in [-0.4, -0.2) is 15.7 Å². The van der Waals surface area contributed by atoms with Crippen LogP contribution in [0, 0.1) is 5.82 Å². The molecule has 1 amide bonds. The van der Waals surface area contributed by atoms with Gasteiger partial charge in [-0.3, -0.25) is 9.48 Å². The van der Waals surface area contributed by atoms with E-state index in [4.69, 9.17) is 0 Å². The third-order valence-corrected chi connectivity index (χ3v) is 2.88. The Labute approximate surface area is 111 Å². The Hall–Kier alpha value is -2.17. The Balaban J connectivity index is 2.30. The second-order valence-corrected chi connectivity index (χ2v) is 4.33. The van der Waals surface area contributed by atoms with Crippen molar-refractivity contribution >= 4 is 5.91 Å². The van der Waals surface area contributed by atoms with Crippen LogP contribution in [0.1, 0.15) is 18.9 Å². The molecule has 1 N–H and O–H groups in total. The summed E-state index contributed by atoms with van der Waals surface area (Å²) in [5.74, 6) is -0.366. The molecule has 1 heterocycles. The molecular formula is C14H16FN3O. The lowest BCUT2D eigenvalue weighted by Gasteiger charge is -2.09. The molecule has 0 spiro atoms. The molecule has 0 bridgehead atoms. The van der Waals surface area contributed by atoms with Gasteiger partial charge in [0.1, 0.15) is 5.82 Å². The minimum atomic E-state index is -0.312. The van der Waals surface area contributed by atoms with E-state index in [1.165, 1.54) is 12.1 Å². The highest BCUT2D eigenvalue weighted by molar-refractivity contribution is 5.76. The Bertz CT molecular complexity index is 592. The fourth-order valence-corrected chi connectivity index (χ4v) is 1.87. The van der Waals surface area contributed by atoms with Crippen LogP contribution in [0.5, 0.6) is 0 Å². The van der Waals surface area contributed by atoms with Crippen molar-refractivity contribution < 1.29 is 9.18 Å². The Morgan fingerprint density at radius 2 is 2.26 bits per heavy atom. The van der Waals surface area contributed by atoms with Crippen LogP contribution < -0.4 is 5.32 Å². The molecule has 0 aliphatic rings. The molecule has 2 rings (SSSR count). The third kappa shape index (κ3) is 3.19. The molecule has 0 saturated heterocycles. The van der Waals surface area contributed by atoms with Crippen LogP contribution in [-0.2, 0) is 18.4 Å². The van der Waals surface area contributed by atoms with Crippen molar-refractivity contribution in [1.82, 2.24) is 15.1 Å². The minimum absolute atomic E-state index is 0.0543. The first-order valence-corrected chi connectivity index (χ1v) is 6.14. The second-order valence-electron chi connectivity index (χ2n) is 4.33. The van der Waals surface area contributed by atoms with Crippen LogP contribution >= 0.6 is 0 Å². The number of halogens is 1. The number of rotatable bonds is 4. The van der Waals surface area contributed by atoms with Crippen molar-refractivity contribution in [3.05, 3.63) is 42.0 Å². The topological polar surface area (TPSA) is 46.9 Å². The standard InChI is InChI=1S/C14H16FN3O/c1-3-14(19)16-7-10-6-12(15)4-5-13(10)11-8-17-18(2)9-11/h4-6,8-9H,3,7H2,1-2H3,(H,16,19). The van der Waals surface area contributed by atoms with Crippen molar-refractivity contribution in [2.24, 2.45) is 7.05 Å². The average Bonchev–Trinajstić information content (AvgIpc) is 2.82. The molecule has 0 fully saturated rings. The molecule has 0 atom stereocenters. The van der Waals surface area contributed by atoms with Gasteiger partial charge in [0.2, 0.25) is 5.91 Å². The van der Waals surface area contributed by atoms with E-state index in [-0.39, 0.29) is 11.7 Å². The van der Waals surface area contributed by atoms with Crippen LogP contribution in [0.25, 0.3) is 11.1 Å². The normalized spacial score (nSPS) is 10.5. The number of hydrogen-bond donors (Lipinski definition) is 1. The lowest BCUT2D eigenvalue weighted by molar-refractivity contribution is -0.120. The summed E-state index contributed by atoms with van der Waals surface area (Å²) in [5, 5.41) is 6.86. The highest BCUT2D eigenvalue weighted by atomic mass is 19.1. The van der Waals surface area contributed by atoms with Gasteiger partial charge in [-0.25, -0.2) is 4.39 Å². The fourth-order valence-electron chi connectivity index (χ4n) is 1.87. The van der Waals surface area contributed by atoms with Gasteiger partial charge in [0.25, 0.3) is 0 Å². The van der Waals surface area contributed by atoms with E-state index in [9.17, 15) is 9.18 Å². The van der Waals surface area contributed by atoms with Gasteiger partial charge < -0.3 is 5.32 Å². The number of nitrogens with zero attached hydrogens (tertiary/aromatic N) is 2. The van der Waals surface area contributed by atoms with E-state index in [1.807, 2.05) is 13.2 Å². The number of aromatic nitrogens is 2. The highest BCUT2D eigenvalue weighted by Gasteiger charge is 2.09. The van der Waals surface area contributed by atoms with Gasteiger partial charge in [-0.2, -0.15) is 5.10 Å². The van der Waals surface area contributed by atoms with Crippen LogP contribution in [0.2, 0.25) is 0 Å². The predicted molar refractivity (Wildman–Crippen MR) is 70.7 cm³/mol. The van der Waals surface area contributed by atoms with Gasteiger partial charge in [-0.05, 0) is 23.3 Å². The maximum absolute atomic E-state index is 13.3. The molecule has 4 nitrogen and oxygen atoms in total. The Morgan fingerprint density at radius 3 is 2.89 bits per heavy atom. The smallest absolute Gasteiger partial charge is 0.219 e. The van der Waals surface area contributed by atoms with Crippen molar-refractivity contribution in [2.75, 3.05) is 0 Å². The van der Waals surface area contributed by atoms with Crippen molar-refractivity contribution in [3.63, 3.8) is 0 Å². The van der Waals surface area contributed by atoms with Crippen molar-refractivity contribution in [3.8, 4) is 11.1 Å². The molecule has 0 unspecified atom stereocenters. The summed E-state index contributed by atoms with van der Waals surface area (Å²) >= 11 is 0. The first-order chi connectivity index (χ1) is 9.10. The van der Waals surface area contributed by atoms with E-state index in [2.05, 4.69) is 10.4 Å². The molecule has 0 radical (unpaired) electrons. The van der Waals surface area contributed by atoms with E-state index in [0.29, 0.717) is 13.0 Å². The number of carbonyl (C=O) groups is 1. The average molecular weight is 261 g/mol. The van der Waals surface area contributed by atoms with Gasteiger partial charge >= 0.3 is 0 Å². The number of amides is 1. The summed E-state index contributed by atoms with van der Waals surface area (Å²) in [6.07, 6.45) is 3.99. The third-order valence-electron chi connectivity index (χ3n) is 2.88. The summed E-state index contributed by atoms with van der Waals surface area (Å²) in [7, 11) is 1.82. The van der Waals surface area contributed by atoms with Gasteiger partial charge in [-0.1, -0.05) is 13.0 Å². The fraction of sp³-hybridized carbons (Fsp3) is 0.286. The molecule has 19 heavy (non-hydrogen) atoms. The molecular weight excluding hydrogens is 245 g/mol. The van der Waals surface area contributed by atoms with Crippen LogP contribution in [0.4, 0.5) is 4.39 Å². The zero-order chi connectivity index (χ0) is 13.8. The molecule has 1 aromatic heterocycles. The number of hydrogen-bond acceptors (Lipinski definition) is 2. The molecule has 0 aliphatic carbocycles. The van der Waals surface area contributed by atoms with Crippen molar-refractivity contribution in [1.29, 1.82) is 0 Å². The molecule has 0 saturated carbocycles. The predicted octanol–water partition coefficient (Wildman–Crippen LogP) is 2.25. The molecule has 5 heteroatoms. The monoisotopic (exact) mass is 261 g/mol. The number of carbonyl (C=O) groups excluding carboxylic acids is 1.